The van der Waals surface area contributed by atoms with Gasteiger partial charge in [0, 0.05) is 63.4 Å². The van der Waals surface area contributed by atoms with Gasteiger partial charge in [-0.15, -0.1) is 0 Å². The Balaban J connectivity index is 1.56. The molecule has 2 saturated heterocycles. The average molecular weight is 450 g/mol. The number of hydrogen-bond donors (Lipinski definition) is 1. The summed E-state index contributed by atoms with van der Waals surface area (Å²) in [6.45, 7) is 6.72. The molecule has 180 valence electrons. The van der Waals surface area contributed by atoms with Crippen LogP contribution in [0.2, 0.25) is 0 Å². The van der Waals surface area contributed by atoms with E-state index in [4.69, 9.17) is 23.7 Å². The molecular formula is C25H39NO6. The number of aliphatic hydroxyl groups is 1. The molecule has 3 spiro atoms. The predicted octanol–water partition coefficient (Wildman–Crippen LogP) is 1.81. The number of ether oxygens (including phenoxy) is 5. The smallest absolute Gasteiger partial charge is 0.148 e. The number of hydrogen-bond acceptors (Lipinski definition) is 7. The van der Waals surface area contributed by atoms with E-state index in [1.54, 1.807) is 0 Å². The lowest BCUT2D eigenvalue weighted by Crippen LogP contribution is -2.83. The van der Waals surface area contributed by atoms with Crippen molar-refractivity contribution in [2.24, 2.45) is 28.6 Å². The fraction of sp³-hybridized carbons (Fsp3) is 1.00. The van der Waals surface area contributed by atoms with Crippen LogP contribution in [0.4, 0.5) is 0 Å². The first-order valence-corrected chi connectivity index (χ1v) is 12.7. The quantitative estimate of drug-likeness (QED) is 0.702. The average Bonchev–Trinajstić information content (AvgIpc) is 3.34. The van der Waals surface area contributed by atoms with Crippen molar-refractivity contribution in [3.63, 3.8) is 0 Å². The third-order valence-electron chi connectivity index (χ3n) is 12.0. The third kappa shape index (κ3) is 1.74. The van der Waals surface area contributed by atoms with Crippen LogP contribution in [0.25, 0.3) is 0 Å². The van der Waals surface area contributed by atoms with Crippen molar-refractivity contribution in [3.05, 3.63) is 0 Å². The van der Waals surface area contributed by atoms with E-state index in [2.05, 4.69) is 18.7 Å². The van der Waals surface area contributed by atoms with Gasteiger partial charge in [-0.1, -0.05) is 13.8 Å². The van der Waals surface area contributed by atoms with E-state index >= 15 is 0 Å². The van der Waals surface area contributed by atoms with Crippen LogP contribution in [0, 0.1) is 28.6 Å². The standard InChI is InChI=1S/C25H39NO6/c1-6-26-12-21(2)8-7-17(29-4)25-15-9-14-16(28-3)10-22(18(15)19(14)30-5)23(20(25)26,32-13-31-22)11-24(21,25)27/h14-20,27H,6-13H2,1-5H3/t14-,15-,16-,17+,18?,19+,20+,21+,22-,23-,24+,25-/m1/s1. The summed E-state index contributed by atoms with van der Waals surface area (Å²) in [7, 11) is 5.52. The SMILES string of the molecule is CCN1C[C@]2(C)CC[C@H](OC)[C@@]34[C@@H]5C[C@H]6[C@H](OC)C5[C@@]5(C[C@H]6OC)OCO[C@]5(C[C@]23O)[C@H]14. The molecule has 0 aromatic carbocycles. The summed E-state index contributed by atoms with van der Waals surface area (Å²) in [6, 6.07) is 0.0823. The summed E-state index contributed by atoms with van der Waals surface area (Å²) >= 11 is 0. The summed E-state index contributed by atoms with van der Waals surface area (Å²) in [4.78, 5) is 2.63. The molecule has 32 heavy (non-hydrogen) atoms. The first-order valence-electron chi connectivity index (χ1n) is 12.7. The molecule has 7 rings (SSSR count). The van der Waals surface area contributed by atoms with E-state index in [1.165, 1.54) is 0 Å². The molecule has 2 aliphatic heterocycles. The highest BCUT2D eigenvalue weighted by atomic mass is 16.7. The summed E-state index contributed by atoms with van der Waals surface area (Å²) in [5.41, 5.74) is -2.49. The van der Waals surface area contributed by atoms with Crippen molar-refractivity contribution < 1.29 is 28.8 Å². The number of likely N-dealkylation sites (tertiary alicyclic amines) is 1. The van der Waals surface area contributed by atoms with E-state index in [0.29, 0.717) is 12.3 Å². The second-order valence-corrected chi connectivity index (χ2v) is 12.2. The molecule has 7 fully saturated rings. The number of fused-ring (bicyclic) bond motifs is 1. The third-order valence-corrected chi connectivity index (χ3v) is 12.0. The maximum absolute atomic E-state index is 13.0. The fourth-order valence-corrected chi connectivity index (χ4v) is 11.3. The van der Waals surface area contributed by atoms with Crippen molar-refractivity contribution >= 4 is 0 Å². The summed E-state index contributed by atoms with van der Waals surface area (Å²) in [5, 5.41) is 13.0. The Bertz CT molecular complexity index is 841. The zero-order chi connectivity index (χ0) is 22.3. The highest BCUT2D eigenvalue weighted by Crippen LogP contribution is 2.83. The molecule has 0 amide bonds. The largest absolute Gasteiger partial charge is 0.388 e. The Morgan fingerprint density at radius 2 is 1.88 bits per heavy atom. The predicted molar refractivity (Wildman–Crippen MR) is 115 cm³/mol. The maximum Gasteiger partial charge on any atom is 0.148 e. The first kappa shape index (κ1) is 21.0. The van der Waals surface area contributed by atoms with E-state index in [0.717, 1.165) is 38.8 Å². The van der Waals surface area contributed by atoms with Gasteiger partial charge in [-0.25, -0.2) is 0 Å². The van der Waals surface area contributed by atoms with Gasteiger partial charge in [0.25, 0.3) is 0 Å². The van der Waals surface area contributed by atoms with Crippen LogP contribution in [0.15, 0.2) is 0 Å². The first-order chi connectivity index (χ1) is 15.3. The molecule has 5 aliphatic carbocycles. The van der Waals surface area contributed by atoms with Crippen LogP contribution in [-0.2, 0) is 23.7 Å². The molecule has 0 aromatic heterocycles. The molecule has 7 nitrogen and oxygen atoms in total. The van der Waals surface area contributed by atoms with E-state index < -0.39 is 16.8 Å². The fourth-order valence-electron chi connectivity index (χ4n) is 11.3. The number of piperidine rings is 1. The van der Waals surface area contributed by atoms with Gasteiger partial charge in [-0.2, -0.15) is 0 Å². The van der Waals surface area contributed by atoms with Crippen molar-refractivity contribution in [2.75, 3.05) is 41.2 Å². The monoisotopic (exact) mass is 449 g/mol. The van der Waals surface area contributed by atoms with Gasteiger partial charge in [0.05, 0.1) is 30.0 Å². The highest BCUT2D eigenvalue weighted by molar-refractivity contribution is 5.44. The lowest BCUT2D eigenvalue weighted by atomic mass is 9.41. The molecule has 5 saturated carbocycles. The van der Waals surface area contributed by atoms with Crippen molar-refractivity contribution in [1.82, 2.24) is 4.90 Å². The van der Waals surface area contributed by atoms with Crippen LogP contribution < -0.4 is 0 Å². The van der Waals surface area contributed by atoms with Crippen LogP contribution in [0.1, 0.15) is 46.0 Å². The highest BCUT2D eigenvalue weighted by Gasteiger charge is 2.94. The molecule has 1 unspecified atom stereocenters. The molecule has 1 N–H and O–H groups in total. The van der Waals surface area contributed by atoms with Crippen molar-refractivity contribution in [1.29, 1.82) is 0 Å². The lowest BCUT2D eigenvalue weighted by molar-refractivity contribution is -0.320. The van der Waals surface area contributed by atoms with Crippen LogP contribution >= 0.6 is 0 Å². The molecule has 7 bridgehead atoms. The van der Waals surface area contributed by atoms with Gasteiger partial charge in [-0.05, 0) is 31.7 Å². The number of methoxy groups -OCH3 is 3. The minimum absolute atomic E-state index is 0.00403. The second kappa shape index (κ2) is 6.10. The van der Waals surface area contributed by atoms with Crippen LogP contribution in [0.3, 0.4) is 0 Å². The van der Waals surface area contributed by atoms with Crippen molar-refractivity contribution in [3.8, 4) is 0 Å². The van der Waals surface area contributed by atoms with Gasteiger partial charge < -0.3 is 28.8 Å². The Morgan fingerprint density at radius 3 is 2.56 bits per heavy atom. The minimum atomic E-state index is -0.847. The van der Waals surface area contributed by atoms with E-state index in [-0.39, 0.29) is 53.8 Å². The maximum atomic E-state index is 13.0. The minimum Gasteiger partial charge on any atom is -0.388 e. The van der Waals surface area contributed by atoms with Gasteiger partial charge in [0.1, 0.15) is 18.0 Å². The second-order valence-electron chi connectivity index (χ2n) is 12.2. The van der Waals surface area contributed by atoms with Crippen LogP contribution in [0.5, 0.6) is 0 Å². The number of rotatable bonds is 4. The Labute approximate surface area is 191 Å². The Morgan fingerprint density at radius 1 is 1.09 bits per heavy atom. The van der Waals surface area contributed by atoms with Crippen molar-refractivity contribution in [2.45, 2.75) is 87.1 Å². The Hall–Kier alpha value is -0.280. The van der Waals surface area contributed by atoms with Gasteiger partial charge in [0.15, 0.2) is 0 Å². The van der Waals surface area contributed by atoms with Crippen LogP contribution in [-0.4, -0.2) is 92.4 Å². The molecule has 0 radical (unpaired) electrons. The number of nitrogens with zero attached hydrogens (tertiary/aromatic N) is 1. The summed E-state index contributed by atoms with van der Waals surface area (Å²) in [5.74, 6) is 0.753. The van der Waals surface area contributed by atoms with Gasteiger partial charge >= 0.3 is 0 Å². The topological polar surface area (TPSA) is 69.6 Å². The molecule has 0 aromatic rings. The Kier molecular flexibility index (Phi) is 4.01. The molecule has 7 heteroatoms. The van der Waals surface area contributed by atoms with E-state index in [1.807, 2.05) is 21.3 Å². The van der Waals surface area contributed by atoms with Gasteiger partial charge in [0.2, 0.25) is 0 Å². The zero-order valence-corrected chi connectivity index (χ0v) is 20.1. The summed E-state index contributed by atoms with van der Waals surface area (Å²) in [6.07, 6.45) is 4.56. The molecule has 7 aliphatic rings. The zero-order valence-electron chi connectivity index (χ0n) is 20.1. The molecule has 2 heterocycles. The lowest BCUT2D eigenvalue weighted by Gasteiger charge is -2.72. The van der Waals surface area contributed by atoms with Gasteiger partial charge in [-0.3, -0.25) is 4.90 Å². The molecule has 12 atom stereocenters. The number of likely N-dealkylation sites (N-methyl/N-ethyl adjacent to an activating group) is 1. The normalized spacial score (nSPS) is 64.1. The molecular weight excluding hydrogens is 410 g/mol. The summed E-state index contributed by atoms with van der Waals surface area (Å²) < 4.78 is 32.3. The van der Waals surface area contributed by atoms with E-state index in [9.17, 15) is 5.11 Å².